The van der Waals surface area contributed by atoms with Gasteiger partial charge in [-0.15, -0.1) is 24.0 Å². The summed E-state index contributed by atoms with van der Waals surface area (Å²) in [4.78, 5) is 6.95. The molecular formula is C21H37IN4O2. The molecule has 1 fully saturated rings. The minimum Gasteiger partial charge on any atom is -0.381 e. The lowest BCUT2D eigenvalue weighted by Gasteiger charge is -2.18. The molecule has 1 unspecified atom stereocenters. The molecule has 0 radical (unpaired) electrons. The second-order valence-electron chi connectivity index (χ2n) is 7.07. The lowest BCUT2D eigenvalue weighted by atomic mass is 10.1. The average Bonchev–Trinajstić information content (AvgIpc) is 3.18. The molecule has 0 spiro atoms. The summed E-state index contributed by atoms with van der Waals surface area (Å²) in [6.45, 7) is 9.83. The molecule has 6 nitrogen and oxygen atoms in total. The minimum atomic E-state index is 0. The van der Waals surface area contributed by atoms with E-state index in [1.807, 2.05) is 0 Å². The zero-order valence-corrected chi connectivity index (χ0v) is 19.7. The van der Waals surface area contributed by atoms with Crippen molar-refractivity contribution in [2.75, 3.05) is 59.7 Å². The van der Waals surface area contributed by atoms with Crippen LogP contribution in [0.2, 0.25) is 0 Å². The number of halogens is 1. The number of hydrogen-bond acceptors (Lipinski definition) is 4. The highest BCUT2D eigenvalue weighted by Crippen LogP contribution is 2.12. The van der Waals surface area contributed by atoms with E-state index < -0.39 is 0 Å². The van der Waals surface area contributed by atoms with Gasteiger partial charge in [-0.25, -0.2) is 0 Å². The Hall–Kier alpha value is -0.900. The molecule has 1 saturated heterocycles. The van der Waals surface area contributed by atoms with Gasteiger partial charge in [0.05, 0.1) is 13.2 Å². The molecular weight excluding hydrogens is 467 g/mol. The molecule has 0 aromatic heterocycles. The predicted octanol–water partition coefficient (Wildman–Crippen LogP) is 2.73. The van der Waals surface area contributed by atoms with Gasteiger partial charge in [-0.05, 0) is 32.4 Å². The van der Waals surface area contributed by atoms with Crippen molar-refractivity contribution in [3.8, 4) is 0 Å². The van der Waals surface area contributed by atoms with E-state index in [0.717, 1.165) is 78.0 Å². The number of nitrogens with zero attached hydrogens (tertiary/aromatic N) is 2. The Bertz CT molecular complexity index is 524. The molecule has 28 heavy (non-hydrogen) atoms. The van der Waals surface area contributed by atoms with Gasteiger partial charge in [-0.2, -0.15) is 0 Å². The number of nitrogens with one attached hydrogen (secondary N) is 2. The van der Waals surface area contributed by atoms with Crippen molar-refractivity contribution in [1.29, 1.82) is 0 Å². The Balaban J connectivity index is 0.00000392. The van der Waals surface area contributed by atoms with Crippen molar-refractivity contribution < 1.29 is 9.47 Å². The normalized spacial score (nSPS) is 16.8. The Morgan fingerprint density at radius 1 is 1.29 bits per heavy atom. The van der Waals surface area contributed by atoms with E-state index in [2.05, 4.69) is 64.8 Å². The molecule has 1 aliphatic rings. The largest absolute Gasteiger partial charge is 0.381 e. The van der Waals surface area contributed by atoms with E-state index in [0.29, 0.717) is 5.92 Å². The van der Waals surface area contributed by atoms with Crippen LogP contribution in [0.25, 0.3) is 0 Å². The van der Waals surface area contributed by atoms with Crippen LogP contribution < -0.4 is 10.6 Å². The van der Waals surface area contributed by atoms with Crippen LogP contribution in [0.1, 0.15) is 25.3 Å². The SMILES string of the molecule is CCNC(=NCCCOCC1CCOC1)NCCN(C)Cc1ccccc1.I. The molecule has 7 heteroatoms. The smallest absolute Gasteiger partial charge is 0.191 e. The predicted molar refractivity (Wildman–Crippen MR) is 127 cm³/mol. The maximum absolute atomic E-state index is 5.73. The lowest BCUT2D eigenvalue weighted by Crippen LogP contribution is -2.41. The molecule has 1 heterocycles. The van der Waals surface area contributed by atoms with Crippen molar-refractivity contribution in [2.24, 2.45) is 10.9 Å². The van der Waals surface area contributed by atoms with Crippen LogP contribution in [0.5, 0.6) is 0 Å². The zero-order valence-electron chi connectivity index (χ0n) is 17.4. The fourth-order valence-electron chi connectivity index (χ4n) is 3.00. The van der Waals surface area contributed by atoms with Gasteiger partial charge < -0.3 is 25.0 Å². The van der Waals surface area contributed by atoms with E-state index in [-0.39, 0.29) is 24.0 Å². The van der Waals surface area contributed by atoms with Crippen LogP contribution in [-0.4, -0.2) is 70.5 Å². The average molecular weight is 504 g/mol. The fourth-order valence-corrected chi connectivity index (χ4v) is 3.00. The van der Waals surface area contributed by atoms with Crippen molar-refractivity contribution >= 4 is 29.9 Å². The van der Waals surface area contributed by atoms with Gasteiger partial charge in [0.1, 0.15) is 0 Å². The monoisotopic (exact) mass is 504 g/mol. The van der Waals surface area contributed by atoms with Crippen LogP contribution >= 0.6 is 24.0 Å². The first-order valence-corrected chi connectivity index (χ1v) is 10.2. The first-order valence-electron chi connectivity index (χ1n) is 10.2. The van der Waals surface area contributed by atoms with Crippen molar-refractivity contribution in [3.63, 3.8) is 0 Å². The van der Waals surface area contributed by atoms with Crippen LogP contribution in [-0.2, 0) is 16.0 Å². The summed E-state index contributed by atoms with van der Waals surface area (Å²) < 4.78 is 11.1. The van der Waals surface area contributed by atoms with Gasteiger partial charge >= 0.3 is 0 Å². The Labute approximate surface area is 187 Å². The summed E-state index contributed by atoms with van der Waals surface area (Å²) in [7, 11) is 2.14. The quantitative estimate of drug-likeness (QED) is 0.199. The fraction of sp³-hybridized carbons (Fsp3) is 0.667. The van der Waals surface area contributed by atoms with E-state index in [1.54, 1.807) is 0 Å². The van der Waals surface area contributed by atoms with Gasteiger partial charge in [0, 0.05) is 51.9 Å². The molecule has 1 aromatic carbocycles. The number of likely N-dealkylation sites (N-methyl/N-ethyl adjacent to an activating group) is 1. The van der Waals surface area contributed by atoms with E-state index in [4.69, 9.17) is 9.47 Å². The Morgan fingerprint density at radius 3 is 2.82 bits per heavy atom. The molecule has 1 aromatic rings. The topological polar surface area (TPSA) is 58.1 Å². The molecule has 0 bridgehead atoms. The van der Waals surface area contributed by atoms with Gasteiger partial charge in [0.15, 0.2) is 5.96 Å². The highest BCUT2D eigenvalue weighted by atomic mass is 127. The molecule has 1 aliphatic heterocycles. The number of guanidine groups is 1. The van der Waals surface area contributed by atoms with Crippen LogP contribution in [0.15, 0.2) is 35.3 Å². The van der Waals surface area contributed by atoms with Gasteiger partial charge in [-0.3, -0.25) is 4.99 Å². The summed E-state index contributed by atoms with van der Waals surface area (Å²) in [6, 6.07) is 10.6. The lowest BCUT2D eigenvalue weighted by molar-refractivity contribution is 0.0893. The van der Waals surface area contributed by atoms with Gasteiger partial charge in [-0.1, -0.05) is 30.3 Å². The summed E-state index contributed by atoms with van der Waals surface area (Å²) >= 11 is 0. The van der Waals surface area contributed by atoms with Crippen LogP contribution in [0.3, 0.4) is 0 Å². The Kier molecular flexibility index (Phi) is 14.3. The van der Waals surface area contributed by atoms with Crippen molar-refractivity contribution in [1.82, 2.24) is 15.5 Å². The van der Waals surface area contributed by atoms with E-state index >= 15 is 0 Å². The first kappa shape index (κ1) is 25.1. The maximum atomic E-state index is 5.73. The highest BCUT2D eigenvalue weighted by molar-refractivity contribution is 14.0. The summed E-state index contributed by atoms with van der Waals surface area (Å²) in [5.74, 6) is 1.47. The second kappa shape index (κ2) is 16.0. The third-order valence-electron chi connectivity index (χ3n) is 4.52. The highest BCUT2D eigenvalue weighted by Gasteiger charge is 2.15. The maximum Gasteiger partial charge on any atom is 0.191 e. The number of benzene rings is 1. The first-order chi connectivity index (χ1) is 13.3. The van der Waals surface area contributed by atoms with Gasteiger partial charge in [0.2, 0.25) is 0 Å². The summed E-state index contributed by atoms with van der Waals surface area (Å²) in [6.07, 6.45) is 2.07. The molecule has 0 amide bonds. The minimum absolute atomic E-state index is 0. The third-order valence-corrected chi connectivity index (χ3v) is 4.52. The summed E-state index contributed by atoms with van der Waals surface area (Å²) in [5.41, 5.74) is 1.34. The summed E-state index contributed by atoms with van der Waals surface area (Å²) in [5, 5.41) is 6.72. The number of rotatable bonds is 12. The second-order valence-corrected chi connectivity index (χ2v) is 7.07. The number of ether oxygens (including phenoxy) is 2. The Morgan fingerprint density at radius 2 is 2.11 bits per heavy atom. The standard InChI is InChI=1S/C21H36N4O2.HI/c1-3-22-21(23-11-7-14-26-17-20-10-15-27-18-20)24-12-13-25(2)16-19-8-5-4-6-9-19;/h4-6,8-9,20H,3,7,10-18H2,1-2H3,(H2,22,23,24);1H. The number of aliphatic imine (C=N–C) groups is 1. The van der Waals surface area contributed by atoms with E-state index in [9.17, 15) is 0 Å². The molecule has 160 valence electrons. The van der Waals surface area contributed by atoms with Crippen LogP contribution in [0.4, 0.5) is 0 Å². The third kappa shape index (κ3) is 11.2. The van der Waals surface area contributed by atoms with E-state index in [1.165, 1.54) is 5.56 Å². The molecule has 2 rings (SSSR count). The molecule has 0 aliphatic carbocycles. The van der Waals surface area contributed by atoms with Gasteiger partial charge in [0.25, 0.3) is 0 Å². The number of hydrogen-bond donors (Lipinski definition) is 2. The van der Waals surface area contributed by atoms with Crippen molar-refractivity contribution in [2.45, 2.75) is 26.3 Å². The molecule has 0 saturated carbocycles. The molecule has 2 N–H and O–H groups in total. The zero-order chi connectivity index (χ0) is 19.2. The molecule has 1 atom stereocenters. The van der Waals surface area contributed by atoms with Crippen LogP contribution in [0, 0.1) is 5.92 Å². The van der Waals surface area contributed by atoms with Crippen molar-refractivity contribution in [3.05, 3.63) is 35.9 Å².